The summed E-state index contributed by atoms with van der Waals surface area (Å²) in [5.74, 6) is 6.69. The predicted molar refractivity (Wildman–Crippen MR) is 190 cm³/mol. The van der Waals surface area contributed by atoms with Gasteiger partial charge in [0.2, 0.25) is 12.8 Å². The highest BCUT2D eigenvalue weighted by Gasteiger charge is 1.97. The summed E-state index contributed by atoms with van der Waals surface area (Å²) in [7, 11) is 0. The molecule has 9 nitrogen and oxygen atoms in total. The predicted octanol–water partition coefficient (Wildman–Crippen LogP) is 7.17. The quantitative estimate of drug-likeness (QED) is 0.00905. The van der Waals surface area contributed by atoms with E-state index in [0.717, 1.165) is 50.8 Å². The fourth-order valence-electron chi connectivity index (χ4n) is 3.38. The van der Waals surface area contributed by atoms with Crippen LogP contribution in [0.5, 0.6) is 0 Å². The molecule has 0 heterocycles. The Morgan fingerprint density at radius 3 is 1.40 bits per heavy atom. The number of nitrogens with one attached hydrogen (secondary N) is 2. The van der Waals surface area contributed by atoms with Crippen LogP contribution in [0.15, 0.2) is 5.10 Å². The normalized spacial score (nSPS) is 10.3. The van der Waals surface area contributed by atoms with E-state index in [2.05, 4.69) is 49.1 Å². The lowest BCUT2D eigenvalue weighted by molar-refractivity contribution is -0.110. The van der Waals surface area contributed by atoms with Gasteiger partial charge in [0.05, 0.1) is 0 Å². The lowest BCUT2D eigenvalue weighted by Crippen LogP contribution is -2.15. The van der Waals surface area contributed by atoms with Crippen molar-refractivity contribution in [2.24, 2.45) is 22.4 Å². The van der Waals surface area contributed by atoms with Gasteiger partial charge in [-0.3, -0.25) is 9.59 Å². The second-order valence-corrected chi connectivity index (χ2v) is 10.4. The van der Waals surface area contributed by atoms with Crippen LogP contribution in [0.3, 0.4) is 0 Å². The molecule has 43 heavy (non-hydrogen) atoms. The lowest BCUT2D eigenvalue weighted by atomic mass is 10.0. The van der Waals surface area contributed by atoms with Gasteiger partial charge < -0.3 is 32.7 Å². The molecular weight excluding hydrogens is 567 g/mol. The fraction of sp³-hybridized carbons (Fsp3) is 0.875. The average molecular weight is 641 g/mol. The Labute approximate surface area is 271 Å². The van der Waals surface area contributed by atoms with Crippen LogP contribution in [0.1, 0.15) is 157 Å². The number of hydrogen-bond acceptors (Lipinski definition) is 7. The number of amidine groups is 1. The van der Waals surface area contributed by atoms with Crippen LogP contribution in [0.25, 0.3) is 0 Å². The summed E-state index contributed by atoms with van der Waals surface area (Å²) in [5, 5.41) is 8.65. The standard InChI is InChI=1S/C17H36N4O.C6H13FN2O.C4H10S.C3H8.CH2O.CH4/c18-17(21-19)14-12-10-8-6-4-2-1-3-5-7-9-11-13-15-20-16-22;7-6(8)3-1-2-4-9-5-10;1-2-3-4-5;1-3-2;1-2;/h16H,1-15,19H2,(H2,18,21)(H,20,22);5-6H,1-4,8H2,(H,9,10);5H,2-4H2,1H3;3H2,1-2H3;1H2;1H4. The molecule has 0 aliphatic rings. The molecule has 0 saturated carbocycles. The third kappa shape index (κ3) is 79.3. The summed E-state index contributed by atoms with van der Waals surface area (Å²) in [6.45, 7) is 9.85. The molecule has 1 unspecified atom stereocenters. The van der Waals surface area contributed by atoms with Crippen molar-refractivity contribution < 1.29 is 18.8 Å². The van der Waals surface area contributed by atoms with E-state index >= 15 is 0 Å². The van der Waals surface area contributed by atoms with Crippen LogP contribution >= 0.6 is 12.6 Å². The zero-order valence-corrected chi connectivity index (χ0v) is 28.3. The first kappa shape index (κ1) is 53.7. The van der Waals surface area contributed by atoms with Gasteiger partial charge in [0.1, 0.15) is 18.9 Å². The monoisotopic (exact) mass is 641 g/mol. The number of hydrazone groups is 1. The number of halogens is 1. The third-order valence-corrected chi connectivity index (χ3v) is 5.97. The maximum absolute atomic E-state index is 11.9. The molecule has 0 radical (unpaired) electrons. The van der Waals surface area contributed by atoms with Gasteiger partial charge in [0, 0.05) is 19.5 Å². The first-order chi connectivity index (χ1) is 20.4. The maximum Gasteiger partial charge on any atom is 0.207 e. The molecule has 11 heteroatoms. The smallest absolute Gasteiger partial charge is 0.207 e. The van der Waals surface area contributed by atoms with Crippen LogP contribution in [0.4, 0.5) is 4.39 Å². The van der Waals surface area contributed by atoms with E-state index in [-0.39, 0.29) is 7.43 Å². The molecule has 2 amide bonds. The van der Waals surface area contributed by atoms with E-state index in [9.17, 15) is 14.0 Å². The Morgan fingerprint density at radius 1 is 0.767 bits per heavy atom. The number of carbonyl (C=O) groups is 3. The Balaban J connectivity index is -0.000000134. The molecule has 0 aromatic carbocycles. The summed E-state index contributed by atoms with van der Waals surface area (Å²) in [6.07, 6.45) is 23.5. The molecule has 0 bridgehead atoms. The van der Waals surface area contributed by atoms with E-state index in [1.54, 1.807) is 0 Å². The first-order valence-corrected chi connectivity index (χ1v) is 16.7. The van der Waals surface area contributed by atoms with Crippen molar-refractivity contribution in [1.82, 2.24) is 10.6 Å². The molecule has 0 aliphatic carbocycles. The number of nitrogens with two attached hydrogens (primary N) is 3. The Bertz CT molecular complexity index is 506. The number of amides is 2. The van der Waals surface area contributed by atoms with Gasteiger partial charge in [0.25, 0.3) is 0 Å². The molecule has 0 saturated heterocycles. The van der Waals surface area contributed by atoms with Gasteiger partial charge in [-0.05, 0) is 44.3 Å². The summed E-state index contributed by atoms with van der Waals surface area (Å²) >= 11 is 4.00. The van der Waals surface area contributed by atoms with Crippen molar-refractivity contribution in [3.05, 3.63) is 0 Å². The minimum absolute atomic E-state index is 0. The Morgan fingerprint density at radius 2 is 1.12 bits per heavy atom. The zero-order chi connectivity index (χ0) is 33.0. The molecule has 0 rings (SSSR count). The Kier molecular flexibility index (Phi) is 74.3. The van der Waals surface area contributed by atoms with Gasteiger partial charge in [-0.25, -0.2) is 4.39 Å². The number of thiol groups is 1. The third-order valence-electron chi connectivity index (χ3n) is 5.65. The minimum Gasteiger partial charge on any atom is -0.386 e. The van der Waals surface area contributed by atoms with E-state index < -0.39 is 6.30 Å². The van der Waals surface area contributed by atoms with E-state index in [1.807, 2.05) is 6.79 Å². The molecule has 1 atom stereocenters. The van der Waals surface area contributed by atoms with E-state index in [1.165, 1.54) is 89.9 Å². The van der Waals surface area contributed by atoms with Crippen LogP contribution in [0.2, 0.25) is 0 Å². The van der Waals surface area contributed by atoms with Crippen molar-refractivity contribution in [2.75, 3.05) is 18.8 Å². The van der Waals surface area contributed by atoms with Gasteiger partial charge in [-0.1, -0.05) is 112 Å². The van der Waals surface area contributed by atoms with Gasteiger partial charge in [0.15, 0.2) is 0 Å². The van der Waals surface area contributed by atoms with Crippen LogP contribution in [-0.4, -0.2) is 50.6 Å². The van der Waals surface area contributed by atoms with Crippen molar-refractivity contribution in [2.45, 2.75) is 163 Å². The van der Waals surface area contributed by atoms with Gasteiger partial charge >= 0.3 is 0 Å². The topological polar surface area (TPSA) is 166 Å². The molecule has 0 fully saturated rings. The number of rotatable bonds is 25. The van der Waals surface area contributed by atoms with Crippen molar-refractivity contribution in [1.29, 1.82) is 0 Å². The second kappa shape index (κ2) is 59.5. The van der Waals surface area contributed by atoms with Crippen molar-refractivity contribution in [3.8, 4) is 0 Å². The van der Waals surface area contributed by atoms with Crippen LogP contribution < -0.4 is 27.9 Å². The second-order valence-electron chi connectivity index (χ2n) is 9.91. The van der Waals surface area contributed by atoms with Crippen LogP contribution in [-0.2, 0) is 14.4 Å². The number of alkyl halides is 1. The summed E-state index contributed by atoms with van der Waals surface area (Å²) in [5.41, 5.74) is 10.4. The van der Waals surface area contributed by atoms with Crippen molar-refractivity contribution in [3.63, 3.8) is 0 Å². The number of carbonyl (C=O) groups excluding carboxylic acids is 3. The number of unbranched alkanes of at least 4 members (excludes halogenated alkanes) is 14. The maximum atomic E-state index is 11.9. The van der Waals surface area contributed by atoms with E-state index in [0.29, 0.717) is 25.2 Å². The number of hydrogen-bond donors (Lipinski definition) is 6. The van der Waals surface area contributed by atoms with Gasteiger partial charge in [-0.15, -0.1) is 0 Å². The van der Waals surface area contributed by atoms with Crippen molar-refractivity contribution >= 4 is 38.1 Å². The van der Waals surface area contributed by atoms with Gasteiger partial charge in [-0.2, -0.15) is 17.7 Å². The van der Waals surface area contributed by atoms with E-state index in [4.69, 9.17) is 22.1 Å². The highest BCUT2D eigenvalue weighted by Crippen LogP contribution is 2.12. The lowest BCUT2D eigenvalue weighted by Gasteiger charge is -2.03. The molecule has 0 aliphatic heterocycles. The summed E-state index contributed by atoms with van der Waals surface area (Å²) in [4.78, 5) is 27.7. The summed E-state index contributed by atoms with van der Waals surface area (Å²) < 4.78 is 11.9. The number of nitrogens with zero attached hydrogens (tertiary/aromatic N) is 1. The summed E-state index contributed by atoms with van der Waals surface area (Å²) in [6, 6.07) is 0. The molecule has 0 aromatic rings. The molecule has 0 spiro atoms. The zero-order valence-electron chi connectivity index (χ0n) is 27.4. The highest BCUT2D eigenvalue weighted by molar-refractivity contribution is 7.80. The molecule has 262 valence electrons. The molecular formula is C32H73FN6O3S. The average Bonchev–Trinajstić information content (AvgIpc) is 2.99. The largest absolute Gasteiger partial charge is 0.386 e. The SMILES string of the molecule is C.C=O.CCC.CCCCS.N/N=C(\N)CCCCCCCCCCCCCCCNC=O.NC(F)CCCCNC=O. The molecule has 8 N–H and O–H groups in total. The Hall–Kier alpha value is -1.88. The molecule has 0 aromatic heterocycles. The highest BCUT2D eigenvalue weighted by atomic mass is 32.1. The first-order valence-electron chi connectivity index (χ1n) is 16.1. The fourth-order valence-corrected chi connectivity index (χ4v) is 3.70. The minimum atomic E-state index is -1.21. The van der Waals surface area contributed by atoms with Crippen LogP contribution in [0, 0.1) is 0 Å².